The van der Waals surface area contributed by atoms with Crippen LogP contribution in [-0.2, 0) is 17.9 Å². The maximum absolute atomic E-state index is 13.6. The number of carbonyl (C=O) groups is 1. The topological polar surface area (TPSA) is 113 Å². The van der Waals surface area contributed by atoms with Crippen LogP contribution in [0.4, 0.5) is 0 Å². The van der Waals surface area contributed by atoms with Gasteiger partial charge in [-0.25, -0.2) is 4.98 Å². The average Bonchev–Trinajstić information content (AvgIpc) is 3.41. The highest BCUT2D eigenvalue weighted by atomic mass is 16.3. The van der Waals surface area contributed by atoms with Crippen molar-refractivity contribution in [3.8, 4) is 11.1 Å². The van der Waals surface area contributed by atoms with Crippen molar-refractivity contribution in [2.75, 3.05) is 6.61 Å². The Morgan fingerprint density at radius 2 is 2.03 bits per heavy atom. The number of aromatic nitrogens is 3. The zero-order chi connectivity index (χ0) is 23.2. The second-order valence-corrected chi connectivity index (χ2v) is 9.50. The van der Waals surface area contributed by atoms with Gasteiger partial charge in [-0.3, -0.25) is 19.5 Å². The van der Waals surface area contributed by atoms with E-state index in [9.17, 15) is 14.7 Å². The van der Waals surface area contributed by atoms with Crippen LogP contribution in [0, 0.1) is 11.8 Å². The van der Waals surface area contributed by atoms with Gasteiger partial charge < -0.3 is 19.4 Å². The predicted molar refractivity (Wildman–Crippen MR) is 122 cm³/mol. The van der Waals surface area contributed by atoms with Gasteiger partial charge in [0.05, 0.1) is 17.7 Å². The molecule has 3 aliphatic rings. The molecular formula is C25H27N5O4. The summed E-state index contributed by atoms with van der Waals surface area (Å²) in [5.41, 5.74) is 2.89. The van der Waals surface area contributed by atoms with E-state index in [1.54, 1.807) is 23.2 Å². The molecule has 1 amide bonds. The van der Waals surface area contributed by atoms with Crippen molar-refractivity contribution in [2.24, 2.45) is 11.8 Å². The molecule has 0 radical (unpaired) electrons. The summed E-state index contributed by atoms with van der Waals surface area (Å²) in [7, 11) is 0. The summed E-state index contributed by atoms with van der Waals surface area (Å²) in [5, 5.41) is 13.6. The molecule has 176 valence electrons. The van der Waals surface area contributed by atoms with Crippen molar-refractivity contribution in [3.63, 3.8) is 0 Å². The number of amides is 1. The molecule has 0 unspecified atom stereocenters. The van der Waals surface area contributed by atoms with Gasteiger partial charge in [0.1, 0.15) is 6.26 Å². The molecule has 5 heterocycles. The minimum Gasteiger partial charge on any atom is -0.451 e. The quantitative estimate of drug-likeness (QED) is 0.575. The van der Waals surface area contributed by atoms with Gasteiger partial charge in [0.25, 0.3) is 5.56 Å². The van der Waals surface area contributed by atoms with Crippen LogP contribution in [0.25, 0.3) is 11.1 Å². The summed E-state index contributed by atoms with van der Waals surface area (Å²) in [6.45, 7) is 0.759. The third kappa shape index (κ3) is 3.38. The summed E-state index contributed by atoms with van der Waals surface area (Å²) < 4.78 is 6.97. The molecule has 4 atom stereocenters. The van der Waals surface area contributed by atoms with Crippen LogP contribution in [0.3, 0.4) is 0 Å². The Morgan fingerprint density at radius 3 is 2.71 bits per heavy atom. The second-order valence-electron chi connectivity index (χ2n) is 9.50. The molecule has 2 aliphatic heterocycles. The Hall–Kier alpha value is -3.30. The van der Waals surface area contributed by atoms with Crippen LogP contribution in [0.5, 0.6) is 0 Å². The lowest BCUT2D eigenvalue weighted by atomic mass is 9.85. The number of fused-ring (bicyclic) bond motifs is 4. The maximum atomic E-state index is 13.6. The van der Waals surface area contributed by atoms with E-state index in [1.807, 2.05) is 24.3 Å². The Morgan fingerprint density at radius 1 is 1.21 bits per heavy atom. The number of aliphatic hydroxyl groups excluding tert-OH is 1. The molecule has 1 saturated carbocycles. The van der Waals surface area contributed by atoms with E-state index in [2.05, 4.69) is 20.2 Å². The number of hydrogen-bond acceptors (Lipinski definition) is 7. The third-order valence-corrected chi connectivity index (χ3v) is 7.74. The number of carbonyl (C=O) groups excluding carboxylic acids is 1. The van der Waals surface area contributed by atoms with Crippen molar-refractivity contribution in [2.45, 2.75) is 50.5 Å². The zero-order valence-electron chi connectivity index (χ0n) is 18.7. The lowest BCUT2D eigenvalue weighted by Crippen LogP contribution is -2.47. The number of nitrogens with zero attached hydrogens (tertiary/aromatic N) is 4. The predicted octanol–water partition coefficient (Wildman–Crippen LogP) is 1.73. The van der Waals surface area contributed by atoms with Crippen LogP contribution in [-0.4, -0.2) is 49.1 Å². The standard InChI is InChI=1S/C25H27N5O4/c31-12-19-21-11-30-20(5-4-18(25(30)33)15-6-8-26-9-7-15)23(29(21)10-17-13-34-14-27-17)22(19)24(32)28-16-2-1-3-16/h4-9,13-14,16,19,21-23,31H,1-3,10-12H2,(H,28,32)/t19-,21-,22+,23+/m1/s1. The molecule has 1 saturated heterocycles. The summed E-state index contributed by atoms with van der Waals surface area (Å²) in [6.07, 6.45) is 9.44. The first-order chi connectivity index (χ1) is 16.7. The van der Waals surface area contributed by atoms with Gasteiger partial charge >= 0.3 is 0 Å². The summed E-state index contributed by atoms with van der Waals surface area (Å²) in [6, 6.07) is 7.12. The van der Waals surface area contributed by atoms with E-state index in [1.165, 1.54) is 6.39 Å². The van der Waals surface area contributed by atoms with Crippen molar-refractivity contribution >= 4 is 5.91 Å². The number of hydrogen-bond donors (Lipinski definition) is 2. The van der Waals surface area contributed by atoms with Gasteiger partial charge in [0.15, 0.2) is 6.39 Å². The van der Waals surface area contributed by atoms with Gasteiger partial charge in [-0.1, -0.05) is 0 Å². The van der Waals surface area contributed by atoms with Crippen LogP contribution in [0.2, 0.25) is 0 Å². The number of oxazole rings is 1. The van der Waals surface area contributed by atoms with Gasteiger partial charge in [0, 0.05) is 61.3 Å². The summed E-state index contributed by atoms with van der Waals surface area (Å²) >= 11 is 0. The highest BCUT2D eigenvalue weighted by molar-refractivity contribution is 5.81. The van der Waals surface area contributed by atoms with Crippen molar-refractivity contribution in [1.82, 2.24) is 24.8 Å². The molecule has 3 aromatic rings. The SMILES string of the molecule is O=C(NC1CCC1)[C@H]1[C@H](CO)[C@H]2Cn3c(ccc(-c4ccncc4)c3=O)[C@@H]1N2Cc1cocn1. The highest BCUT2D eigenvalue weighted by Crippen LogP contribution is 2.49. The van der Waals surface area contributed by atoms with Gasteiger partial charge in [-0.15, -0.1) is 0 Å². The molecule has 6 rings (SSSR count). The van der Waals surface area contributed by atoms with Crippen LogP contribution >= 0.6 is 0 Å². The molecular weight excluding hydrogens is 434 g/mol. The van der Waals surface area contributed by atoms with E-state index >= 15 is 0 Å². The zero-order valence-corrected chi connectivity index (χ0v) is 18.7. The monoisotopic (exact) mass is 461 g/mol. The molecule has 2 N–H and O–H groups in total. The first-order valence-corrected chi connectivity index (χ1v) is 11.8. The fourth-order valence-electron chi connectivity index (χ4n) is 5.84. The third-order valence-electron chi connectivity index (χ3n) is 7.74. The van der Waals surface area contributed by atoms with E-state index in [4.69, 9.17) is 4.42 Å². The second kappa shape index (κ2) is 8.48. The summed E-state index contributed by atoms with van der Waals surface area (Å²) in [5.74, 6) is -0.788. The molecule has 1 aliphatic carbocycles. The molecule has 2 fully saturated rings. The van der Waals surface area contributed by atoms with Crippen molar-refractivity contribution in [3.05, 3.63) is 71.1 Å². The van der Waals surface area contributed by atoms with E-state index < -0.39 is 5.92 Å². The first-order valence-electron chi connectivity index (χ1n) is 11.8. The number of rotatable bonds is 6. The van der Waals surface area contributed by atoms with Crippen molar-refractivity contribution in [1.29, 1.82) is 0 Å². The molecule has 34 heavy (non-hydrogen) atoms. The Labute approximate surface area is 196 Å². The lowest BCUT2D eigenvalue weighted by Gasteiger charge is -2.38. The number of aliphatic hydroxyl groups is 1. The molecule has 2 bridgehead atoms. The van der Waals surface area contributed by atoms with Crippen LogP contribution in [0.1, 0.15) is 36.7 Å². The van der Waals surface area contributed by atoms with Crippen molar-refractivity contribution < 1.29 is 14.3 Å². The Kier molecular flexibility index (Phi) is 5.30. The van der Waals surface area contributed by atoms with Crippen LogP contribution < -0.4 is 10.9 Å². The average molecular weight is 462 g/mol. The fraction of sp³-hybridized carbons (Fsp3) is 0.440. The Bertz CT molecular complexity index is 1240. The first kappa shape index (κ1) is 21.2. The van der Waals surface area contributed by atoms with E-state index in [0.29, 0.717) is 18.7 Å². The molecule has 9 nitrogen and oxygen atoms in total. The lowest BCUT2D eigenvalue weighted by molar-refractivity contribution is -0.128. The molecule has 0 spiro atoms. The largest absolute Gasteiger partial charge is 0.451 e. The summed E-state index contributed by atoms with van der Waals surface area (Å²) in [4.78, 5) is 37.7. The van der Waals surface area contributed by atoms with Gasteiger partial charge in [-0.05, 0) is 49.1 Å². The number of nitrogens with one attached hydrogen (secondary N) is 1. The smallest absolute Gasteiger partial charge is 0.258 e. The number of pyridine rings is 2. The fourth-order valence-corrected chi connectivity index (χ4v) is 5.84. The molecule has 0 aromatic carbocycles. The molecule has 9 heteroatoms. The van der Waals surface area contributed by atoms with E-state index in [-0.39, 0.29) is 42.1 Å². The minimum absolute atomic E-state index is 0.0412. The van der Waals surface area contributed by atoms with Crippen LogP contribution in [0.15, 0.2) is 58.5 Å². The minimum atomic E-state index is -0.456. The maximum Gasteiger partial charge on any atom is 0.258 e. The van der Waals surface area contributed by atoms with Gasteiger partial charge in [-0.2, -0.15) is 0 Å². The van der Waals surface area contributed by atoms with E-state index in [0.717, 1.165) is 36.2 Å². The normalized spacial score (nSPS) is 26.1. The Balaban J connectivity index is 1.44. The van der Waals surface area contributed by atoms with Gasteiger partial charge in [0.2, 0.25) is 5.91 Å². The highest BCUT2D eigenvalue weighted by Gasteiger charge is 2.56. The molecule has 3 aromatic heterocycles.